The molecule has 0 aromatic heterocycles. The molecule has 1 rings (SSSR count). The van der Waals surface area contributed by atoms with Crippen molar-refractivity contribution in [3.63, 3.8) is 0 Å². The number of likely N-dealkylation sites (tertiary alicyclic amines) is 1. The second kappa shape index (κ2) is 5.56. The van der Waals surface area contributed by atoms with Crippen molar-refractivity contribution in [1.29, 1.82) is 0 Å². The number of amides is 1. The van der Waals surface area contributed by atoms with Crippen LogP contribution in [0.1, 0.15) is 26.2 Å². The van der Waals surface area contributed by atoms with Gasteiger partial charge < -0.3 is 9.64 Å². The van der Waals surface area contributed by atoms with E-state index in [1.165, 1.54) is 6.42 Å². The summed E-state index contributed by atoms with van der Waals surface area (Å²) in [6, 6.07) is 0.224. The van der Waals surface area contributed by atoms with Gasteiger partial charge >= 0.3 is 0 Å². The van der Waals surface area contributed by atoms with Gasteiger partial charge in [-0.15, -0.1) is 11.6 Å². The minimum absolute atomic E-state index is 0.0356. The van der Waals surface area contributed by atoms with Crippen molar-refractivity contribution in [2.75, 3.05) is 20.3 Å². The number of methoxy groups -OCH3 is 1. The van der Waals surface area contributed by atoms with Crippen LogP contribution in [-0.4, -0.2) is 42.5 Å². The molecule has 0 bridgehead atoms. The smallest absolute Gasteiger partial charge is 0.240 e. The van der Waals surface area contributed by atoms with Crippen molar-refractivity contribution in [3.8, 4) is 0 Å². The van der Waals surface area contributed by atoms with Crippen molar-refractivity contribution < 1.29 is 9.53 Å². The molecule has 0 aliphatic carbocycles. The Morgan fingerprint density at radius 3 is 2.93 bits per heavy atom. The molecule has 1 fully saturated rings. The monoisotopic (exact) mass is 219 g/mol. The number of carbonyl (C=O) groups is 1. The summed E-state index contributed by atoms with van der Waals surface area (Å²) in [5.41, 5.74) is 0. The van der Waals surface area contributed by atoms with E-state index in [9.17, 15) is 4.79 Å². The highest BCUT2D eigenvalue weighted by Gasteiger charge is 2.28. The van der Waals surface area contributed by atoms with Crippen LogP contribution < -0.4 is 0 Å². The third kappa shape index (κ3) is 2.85. The minimum atomic E-state index is -0.424. The van der Waals surface area contributed by atoms with Gasteiger partial charge in [-0.05, 0) is 26.2 Å². The molecule has 0 aromatic carbocycles. The molecule has 0 unspecified atom stereocenters. The third-order valence-corrected chi connectivity index (χ3v) is 2.80. The van der Waals surface area contributed by atoms with E-state index in [4.69, 9.17) is 16.3 Å². The first kappa shape index (κ1) is 11.8. The molecule has 1 heterocycles. The zero-order chi connectivity index (χ0) is 10.6. The van der Waals surface area contributed by atoms with E-state index in [1.807, 2.05) is 4.90 Å². The molecule has 0 N–H and O–H groups in total. The molecule has 0 spiro atoms. The van der Waals surface area contributed by atoms with Gasteiger partial charge in [-0.3, -0.25) is 4.79 Å². The lowest BCUT2D eigenvalue weighted by atomic mass is 10.0. The summed E-state index contributed by atoms with van der Waals surface area (Å²) in [6.45, 7) is 3.17. The molecular weight excluding hydrogens is 202 g/mol. The van der Waals surface area contributed by atoms with Gasteiger partial charge in [0.25, 0.3) is 0 Å². The largest absolute Gasteiger partial charge is 0.383 e. The average Bonchev–Trinajstić information content (AvgIpc) is 2.18. The molecule has 1 amide bonds. The summed E-state index contributed by atoms with van der Waals surface area (Å²) in [5.74, 6) is 0.0356. The molecule has 4 heteroatoms. The highest BCUT2D eigenvalue weighted by Crippen LogP contribution is 2.19. The summed E-state index contributed by atoms with van der Waals surface area (Å²) < 4.78 is 5.10. The van der Waals surface area contributed by atoms with E-state index in [0.717, 1.165) is 19.4 Å². The highest BCUT2D eigenvalue weighted by molar-refractivity contribution is 6.30. The van der Waals surface area contributed by atoms with Gasteiger partial charge in [-0.1, -0.05) is 0 Å². The Hall–Kier alpha value is -0.280. The van der Waals surface area contributed by atoms with E-state index in [-0.39, 0.29) is 11.9 Å². The Bertz CT molecular complexity index is 195. The summed E-state index contributed by atoms with van der Waals surface area (Å²) in [6.07, 6.45) is 3.28. The van der Waals surface area contributed by atoms with Crippen molar-refractivity contribution in [1.82, 2.24) is 4.90 Å². The van der Waals surface area contributed by atoms with Gasteiger partial charge in [-0.2, -0.15) is 0 Å². The van der Waals surface area contributed by atoms with Crippen LogP contribution in [0, 0.1) is 0 Å². The van der Waals surface area contributed by atoms with Crippen LogP contribution in [-0.2, 0) is 9.53 Å². The van der Waals surface area contributed by atoms with Gasteiger partial charge in [0.1, 0.15) is 5.38 Å². The standard InChI is InChI=1S/C10H18ClNO2/c1-8(11)10(13)12-6-4-3-5-9(12)7-14-2/h8-9H,3-7H2,1-2H3/t8-,9+/m0/s1. The van der Waals surface area contributed by atoms with Crippen molar-refractivity contribution in [2.45, 2.75) is 37.6 Å². The van der Waals surface area contributed by atoms with Gasteiger partial charge in [0, 0.05) is 13.7 Å². The number of rotatable bonds is 3. The van der Waals surface area contributed by atoms with Gasteiger partial charge in [0.15, 0.2) is 0 Å². The minimum Gasteiger partial charge on any atom is -0.383 e. The lowest BCUT2D eigenvalue weighted by Crippen LogP contribution is -2.48. The zero-order valence-corrected chi connectivity index (χ0v) is 9.59. The first-order chi connectivity index (χ1) is 6.66. The highest BCUT2D eigenvalue weighted by atomic mass is 35.5. The fourth-order valence-electron chi connectivity index (χ4n) is 1.88. The molecule has 1 aliphatic heterocycles. The fourth-order valence-corrected chi connectivity index (χ4v) is 2.01. The zero-order valence-electron chi connectivity index (χ0n) is 8.83. The van der Waals surface area contributed by atoms with Crippen LogP contribution in [0.5, 0.6) is 0 Å². The Morgan fingerprint density at radius 2 is 2.36 bits per heavy atom. The molecule has 82 valence electrons. The maximum atomic E-state index is 11.7. The Labute approximate surface area is 90.4 Å². The maximum Gasteiger partial charge on any atom is 0.240 e. The topological polar surface area (TPSA) is 29.5 Å². The van der Waals surface area contributed by atoms with Crippen LogP contribution in [0.15, 0.2) is 0 Å². The number of alkyl halides is 1. The fraction of sp³-hybridized carbons (Fsp3) is 0.900. The quantitative estimate of drug-likeness (QED) is 0.676. The molecule has 2 atom stereocenters. The average molecular weight is 220 g/mol. The molecule has 1 saturated heterocycles. The van der Waals surface area contributed by atoms with E-state index in [0.29, 0.717) is 6.61 Å². The van der Waals surface area contributed by atoms with Crippen LogP contribution in [0.4, 0.5) is 0 Å². The predicted molar refractivity (Wildman–Crippen MR) is 56.5 cm³/mol. The number of hydrogen-bond donors (Lipinski definition) is 0. The molecule has 0 saturated carbocycles. The van der Waals surface area contributed by atoms with Gasteiger partial charge in [0.05, 0.1) is 12.6 Å². The molecule has 1 aliphatic rings. The van der Waals surface area contributed by atoms with E-state index in [1.54, 1.807) is 14.0 Å². The van der Waals surface area contributed by atoms with Gasteiger partial charge in [-0.25, -0.2) is 0 Å². The number of carbonyl (C=O) groups excluding carboxylic acids is 1. The van der Waals surface area contributed by atoms with Crippen molar-refractivity contribution >= 4 is 17.5 Å². The molecule has 14 heavy (non-hydrogen) atoms. The Balaban J connectivity index is 2.57. The Kier molecular flexibility index (Phi) is 4.69. The van der Waals surface area contributed by atoms with Crippen LogP contribution in [0.25, 0.3) is 0 Å². The third-order valence-electron chi connectivity index (χ3n) is 2.61. The SMILES string of the molecule is COC[C@H]1CCCCN1C(=O)[C@H](C)Cl. The lowest BCUT2D eigenvalue weighted by Gasteiger charge is -2.36. The number of hydrogen-bond acceptors (Lipinski definition) is 2. The molecule has 0 radical (unpaired) electrons. The van der Waals surface area contributed by atoms with Gasteiger partial charge in [0.2, 0.25) is 5.91 Å². The second-order valence-electron chi connectivity index (χ2n) is 3.75. The molecular formula is C10H18ClNO2. The number of halogens is 1. The lowest BCUT2D eigenvalue weighted by molar-refractivity contribution is -0.135. The van der Waals surface area contributed by atoms with E-state index >= 15 is 0 Å². The van der Waals surface area contributed by atoms with E-state index < -0.39 is 5.38 Å². The summed E-state index contributed by atoms with van der Waals surface area (Å²) >= 11 is 5.80. The number of ether oxygens (including phenoxy) is 1. The van der Waals surface area contributed by atoms with Crippen LogP contribution in [0.3, 0.4) is 0 Å². The van der Waals surface area contributed by atoms with Crippen molar-refractivity contribution in [3.05, 3.63) is 0 Å². The summed E-state index contributed by atoms with van der Waals surface area (Å²) in [7, 11) is 1.67. The predicted octanol–water partition coefficient (Wildman–Crippen LogP) is 1.64. The number of nitrogens with zero attached hydrogens (tertiary/aromatic N) is 1. The van der Waals surface area contributed by atoms with Crippen molar-refractivity contribution in [2.24, 2.45) is 0 Å². The second-order valence-corrected chi connectivity index (χ2v) is 4.41. The normalized spacial score (nSPS) is 24.8. The maximum absolute atomic E-state index is 11.7. The number of piperidine rings is 1. The molecule has 0 aromatic rings. The summed E-state index contributed by atoms with van der Waals surface area (Å²) in [4.78, 5) is 13.6. The first-order valence-electron chi connectivity index (χ1n) is 5.10. The first-order valence-corrected chi connectivity index (χ1v) is 5.54. The van der Waals surface area contributed by atoms with Crippen LogP contribution in [0.2, 0.25) is 0 Å². The molecule has 3 nitrogen and oxygen atoms in total. The Morgan fingerprint density at radius 1 is 1.64 bits per heavy atom. The van der Waals surface area contributed by atoms with Crippen LogP contribution >= 0.6 is 11.6 Å². The van der Waals surface area contributed by atoms with E-state index in [2.05, 4.69) is 0 Å². The summed E-state index contributed by atoms with van der Waals surface area (Å²) in [5, 5.41) is -0.424.